The second-order valence-electron chi connectivity index (χ2n) is 10.5. The van der Waals surface area contributed by atoms with Crippen LogP contribution in [0.5, 0.6) is 23.0 Å². The van der Waals surface area contributed by atoms with Crippen LogP contribution in [0.2, 0.25) is 0 Å². The Morgan fingerprint density at radius 1 is 0.644 bits per heavy atom. The molecule has 12 heteroatoms. The van der Waals surface area contributed by atoms with E-state index in [9.17, 15) is 29.4 Å². The number of carboxylic acid groups (broad SMARTS) is 2. The third-order valence-electron chi connectivity index (χ3n) is 7.51. The van der Waals surface area contributed by atoms with Crippen molar-refractivity contribution in [2.75, 3.05) is 27.4 Å². The minimum absolute atomic E-state index is 0.00841. The molecular formula is C33H36O10Se2. The summed E-state index contributed by atoms with van der Waals surface area (Å²) in [6.07, 6.45) is 1.34. The molecule has 2 atom stereocenters. The van der Waals surface area contributed by atoms with Gasteiger partial charge in [-0.05, 0) is 0 Å². The van der Waals surface area contributed by atoms with Crippen LogP contribution in [0.1, 0.15) is 64.4 Å². The van der Waals surface area contributed by atoms with Gasteiger partial charge >= 0.3 is 274 Å². The molecule has 0 fully saturated rings. The number of fused-ring (bicyclic) bond motifs is 2. The van der Waals surface area contributed by atoms with Crippen molar-refractivity contribution in [1.82, 2.24) is 0 Å². The summed E-state index contributed by atoms with van der Waals surface area (Å²) >= 11 is -0.475. The van der Waals surface area contributed by atoms with Crippen molar-refractivity contribution in [2.45, 2.75) is 46.0 Å². The fourth-order valence-electron chi connectivity index (χ4n) is 4.80. The van der Waals surface area contributed by atoms with Crippen molar-refractivity contribution in [1.29, 1.82) is 0 Å². The topological polar surface area (TPSA) is 146 Å². The number of ether oxygens (including phenoxy) is 4. The van der Waals surface area contributed by atoms with Crippen LogP contribution in [0.3, 0.4) is 0 Å². The molecule has 2 heterocycles. The molecule has 0 aliphatic carbocycles. The molecule has 0 spiro atoms. The second kappa shape index (κ2) is 15.6. The maximum atomic E-state index is 12.8. The summed E-state index contributed by atoms with van der Waals surface area (Å²) in [6.45, 7) is 4.21. The number of carboxylic acids is 2. The zero-order valence-electron chi connectivity index (χ0n) is 25.5. The Hall–Kier alpha value is -3.56. The molecule has 0 radical (unpaired) electrons. The van der Waals surface area contributed by atoms with Gasteiger partial charge in [-0.3, -0.25) is 0 Å². The average molecular weight is 751 g/mol. The Labute approximate surface area is 272 Å². The van der Waals surface area contributed by atoms with Crippen LogP contribution >= 0.6 is 0 Å². The van der Waals surface area contributed by atoms with Crippen LogP contribution in [0.25, 0.3) is 19.3 Å². The van der Waals surface area contributed by atoms with Gasteiger partial charge in [0.2, 0.25) is 0 Å². The third kappa shape index (κ3) is 8.38. The predicted octanol–water partition coefficient (Wildman–Crippen LogP) is 5.34. The number of Topliss-reactive ketones (excluding diaryl/α,β-unsaturated/α-hetero) is 2. The molecule has 0 saturated heterocycles. The first-order valence-corrected chi connectivity index (χ1v) is 18.0. The molecule has 4 rings (SSSR count). The fraction of sp³-hybridized carbons (Fsp3) is 0.394. The van der Waals surface area contributed by atoms with E-state index in [1.807, 2.05) is 36.4 Å². The first-order valence-electron chi connectivity index (χ1n) is 14.6. The first-order chi connectivity index (χ1) is 21.6. The summed E-state index contributed by atoms with van der Waals surface area (Å²) in [4.78, 5) is 48.3. The van der Waals surface area contributed by atoms with Crippen molar-refractivity contribution in [3.63, 3.8) is 0 Å². The van der Waals surface area contributed by atoms with Crippen LogP contribution in [0.15, 0.2) is 36.4 Å². The molecule has 4 aromatic rings. The van der Waals surface area contributed by atoms with Crippen molar-refractivity contribution < 1.29 is 48.3 Å². The van der Waals surface area contributed by atoms with E-state index in [1.54, 1.807) is 28.1 Å². The van der Waals surface area contributed by atoms with Crippen LogP contribution in [0, 0.1) is 11.8 Å². The van der Waals surface area contributed by atoms with Gasteiger partial charge in [0, 0.05) is 0 Å². The van der Waals surface area contributed by atoms with Crippen LogP contribution in [0.4, 0.5) is 0 Å². The number of carbonyl (C=O) groups is 4. The van der Waals surface area contributed by atoms with Crippen molar-refractivity contribution >= 4 is 71.8 Å². The molecule has 0 bridgehead atoms. The third-order valence-corrected chi connectivity index (χ3v) is 12.3. The summed E-state index contributed by atoms with van der Waals surface area (Å²) in [5, 5.41) is 20.4. The molecule has 2 aromatic heterocycles. The molecule has 0 amide bonds. The van der Waals surface area contributed by atoms with Gasteiger partial charge in [-0.2, -0.15) is 0 Å². The Kier molecular flexibility index (Phi) is 11.9. The summed E-state index contributed by atoms with van der Waals surface area (Å²) in [6, 6.07) is 11.1. The first kappa shape index (κ1) is 34.3. The normalized spacial score (nSPS) is 12.5. The summed E-state index contributed by atoms with van der Waals surface area (Å²) in [7, 11) is 3.11. The zero-order valence-corrected chi connectivity index (χ0v) is 29.0. The molecule has 2 unspecified atom stereocenters. The fourth-order valence-corrected chi connectivity index (χ4v) is 9.09. The van der Waals surface area contributed by atoms with Crippen molar-refractivity contribution in [3.05, 3.63) is 45.3 Å². The van der Waals surface area contributed by atoms with Gasteiger partial charge < -0.3 is 0 Å². The van der Waals surface area contributed by atoms with E-state index in [1.165, 1.54) is 0 Å². The molecule has 0 saturated carbocycles. The number of rotatable bonds is 18. The van der Waals surface area contributed by atoms with E-state index in [0.717, 1.165) is 19.3 Å². The van der Waals surface area contributed by atoms with E-state index in [0.29, 0.717) is 64.3 Å². The van der Waals surface area contributed by atoms with E-state index in [2.05, 4.69) is 0 Å². The summed E-state index contributed by atoms with van der Waals surface area (Å²) in [5.41, 5.74) is 0. The van der Waals surface area contributed by atoms with E-state index >= 15 is 0 Å². The predicted molar refractivity (Wildman–Crippen MR) is 171 cm³/mol. The second-order valence-corrected chi connectivity index (χ2v) is 15.0. The van der Waals surface area contributed by atoms with Crippen molar-refractivity contribution in [3.8, 4) is 23.0 Å². The summed E-state index contributed by atoms with van der Waals surface area (Å²) in [5.74, 6) is -1.35. The molecule has 240 valence electrons. The van der Waals surface area contributed by atoms with Gasteiger partial charge in [0.1, 0.15) is 0 Å². The number of ketones is 2. The van der Waals surface area contributed by atoms with Crippen molar-refractivity contribution in [2.24, 2.45) is 11.8 Å². The number of methoxy groups -OCH3 is 2. The van der Waals surface area contributed by atoms with Crippen LogP contribution in [-0.2, 0) is 9.59 Å². The molecule has 0 aliphatic heterocycles. The van der Waals surface area contributed by atoms with Gasteiger partial charge in [-0.25, -0.2) is 0 Å². The van der Waals surface area contributed by atoms with Gasteiger partial charge in [-0.15, -0.1) is 0 Å². The Morgan fingerprint density at radius 3 is 1.38 bits per heavy atom. The number of hydrogen-bond donors (Lipinski definition) is 2. The molecule has 2 aromatic carbocycles. The SMILES string of the molecule is CCC(CC(=O)c1cc2cc(OCCCOc3cc4cc(C(=O)CC(CC)C(=O)O)[se]c4cc3OC)c(OC)cc2[se]1)C(=O)O. The average Bonchev–Trinajstić information content (AvgIpc) is 3.64. The zero-order chi connectivity index (χ0) is 32.7. The summed E-state index contributed by atoms with van der Waals surface area (Å²) < 4.78 is 26.4. The van der Waals surface area contributed by atoms with Crippen LogP contribution in [-0.4, -0.2) is 90.2 Å². The molecular weight excluding hydrogens is 714 g/mol. The van der Waals surface area contributed by atoms with Gasteiger partial charge in [0.15, 0.2) is 0 Å². The van der Waals surface area contributed by atoms with Gasteiger partial charge in [0.05, 0.1) is 0 Å². The molecule has 45 heavy (non-hydrogen) atoms. The van der Waals surface area contributed by atoms with Crippen LogP contribution < -0.4 is 18.9 Å². The Balaban J connectivity index is 1.38. The Morgan fingerprint density at radius 2 is 1.04 bits per heavy atom. The monoisotopic (exact) mass is 752 g/mol. The Bertz CT molecular complexity index is 1580. The molecule has 10 nitrogen and oxygen atoms in total. The molecule has 2 N–H and O–H groups in total. The molecule has 0 aliphatic rings. The standard InChI is InChI=1S/C33H36O10Se2/c1-5-18(32(36)37)10-22(34)30-14-20-12-26(24(40-3)16-28(20)44-30)42-8-7-9-43-27-13-21-15-31(45-29(21)17-25(27)41-4)23(35)11-19(6-2)33(38)39/h12-19H,5-11H2,1-4H3,(H,36,37)(H,38,39). The van der Waals surface area contributed by atoms with E-state index in [4.69, 9.17) is 18.9 Å². The minimum atomic E-state index is -0.955. The van der Waals surface area contributed by atoms with Gasteiger partial charge in [0.25, 0.3) is 0 Å². The number of aliphatic carboxylic acids is 2. The quantitative estimate of drug-likeness (QED) is 0.0777. The maximum absolute atomic E-state index is 12.8. The number of carbonyl (C=O) groups excluding carboxylic acids is 2. The van der Waals surface area contributed by atoms with E-state index in [-0.39, 0.29) is 53.4 Å². The van der Waals surface area contributed by atoms with Gasteiger partial charge in [-0.1, -0.05) is 0 Å². The van der Waals surface area contributed by atoms with E-state index < -0.39 is 23.8 Å². The number of hydrogen-bond acceptors (Lipinski definition) is 8. The number of benzene rings is 2.